The maximum Gasteiger partial charge on any atom is 0.0666 e. The quantitative estimate of drug-likeness (QED) is 0.628. The van der Waals surface area contributed by atoms with Crippen LogP contribution in [-0.4, -0.2) is 25.0 Å². The molecule has 0 aromatic rings. The van der Waals surface area contributed by atoms with Crippen molar-refractivity contribution >= 4 is 0 Å². The van der Waals surface area contributed by atoms with Gasteiger partial charge >= 0.3 is 0 Å². The zero-order valence-electron chi connectivity index (χ0n) is 8.67. The predicted molar refractivity (Wildman–Crippen MR) is 51.7 cm³/mol. The molecule has 2 unspecified atom stereocenters. The average Bonchev–Trinajstić information content (AvgIpc) is 2.03. The van der Waals surface area contributed by atoms with Gasteiger partial charge in [-0.05, 0) is 19.9 Å². The molecule has 12 heavy (non-hydrogen) atoms. The molecule has 70 valence electrons. The zero-order valence-corrected chi connectivity index (χ0v) is 8.67. The molecule has 0 aromatic heterocycles. The second-order valence-corrected chi connectivity index (χ2v) is 3.76. The van der Waals surface area contributed by atoms with Gasteiger partial charge in [0.05, 0.1) is 12.0 Å². The summed E-state index contributed by atoms with van der Waals surface area (Å²) in [5.41, 5.74) is 0. The molecule has 0 N–H and O–H groups in total. The van der Waals surface area contributed by atoms with Crippen LogP contribution >= 0.6 is 0 Å². The monoisotopic (exact) mass is 168 g/mol. The first-order valence-corrected chi connectivity index (χ1v) is 4.68. The van der Waals surface area contributed by atoms with E-state index in [1.165, 1.54) is 6.42 Å². The van der Waals surface area contributed by atoms with Crippen molar-refractivity contribution in [2.45, 2.75) is 27.2 Å². The first kappa shape index (κ1) is 11.4. The van der Waals surface area contributed by atoms with Gasteiger partial charge in [0.15, 0.2) is 0 Å². The highest BCUT2D eigenvalue weighted by Crippen LogP contribution is 2.04. The van der Waals surface area contributed by atoms with E-state index in [2.05, 4.69) is 31.9 Å². The lowest BCUT2D eigenvalue weighted by Gasteiger charge is -2.21. The molecule has 2 atom stereocenters. The van der Waals surface area contributed by atoms with Gasteiger partial charge in [-0.2, -0.15) is 5.26 Å². The number of rotatable bonds is 5. The van der Waals surface area contributed by atoms with Gasteiger partial charge in [-0.15, -0.1) is 0 Å². The summed E-state index contributed by atoms with van der Waals surface area (Å²) in [7, 11) is 2.08. The molecule has 2 nitrogen and oxygen atoms in total. The van der Waals surface area contributed by atoms with Gasteiger partial charge in [0.1, 0.15) is 0 Å². The van der Waals surface area contributed by atoms with Crippen LogP contribution in [0, 0.1) is 23.2 Å². The van der Waals surface area contributed by atoms with E-state index in [-0.39, 0.29) is 5.92 Å². The van der Waals surface area contributed by atoms with E-state index in [1.54, 1.807) is 0 Å². The number of nitrogens with zero attached hydrogens (tertiary/aromatic N) is 2. The summed E-state index contributed by atoms with van der Waals surface area (Å²) in [5, 5.41) is 8.60. The van der Waals surface area contributed by atoms with Crippen LogP contribution in [0.3, 0.4) is 0 Å². The SMILES string of the molecule is CCC(C)CN(C)CC(C)C#N. The van der Waals surface area contributed by atoms with Crippen molar-refractivity contribution in [3.05, 3.63) is 0 Å². The maximum atomic E-state index is 8.60. The highest BCUT2D eigenvalue weighted by Gasteiger charge is 2.07. The van der Waals surface area contributed by atoms with Gasteiger partial charge in [0.25, 0.3) is 0 Å². The van der Waals surface area contributed by atoms with Gasteiger partial charge in [-0.3, -0.25) is 0 Å². The van der Waals surface area contributed by atoms with Crippen molar-refractivity contribution < 1.29 is 0 Å². The molecule has 0 fully saturated rings. The Hall–Kier alpha value is -0.550. The Labute approximate surface area is 76.2 Å². The Kier molecular flexibility index (Phi) is 5.74. The van der Waals surface area contributed by atoms with Crippen LogP contribution in [0.4, 0.5) is 0 Å². The van der Waals surface area contributed by atoms with Crippen LogP contribution < -0.4 is 0 Å². The predicted octanol–water partition coefficient (Wildman–Crippen LogP) is 2.12. The van der Waals surface area contributed by atoms with E-state index in [0.717, 1.165) is 19.0 Å². The highest BCUT2D eigenvalue weighted by atomic mass is 15.1. The second-order valence-electron chi connectivity index (χ2n) is 3.76. The van der Waals surface area contributed by atoms with Crippen molar-refractivity contribution in [1.29, 1.82) is 5.26 Å². The lowest BCUT2D eigenvalue weighted by atomic mass is 10.1. The molecule has 0 rings (SSSR count). The van der Waals surface area contributed by atoms with Gasteiger partial charge in [0, 0.05) is 13.1 Å². The average molecular weight is 168 g/mol. The normalized spacial score (nSPS) is 15.7. The lowest BCUT2D eigenvalue weighted by Crippen LogP contribution is -2.28. The molecule has 0 radical (unpaired) electrons. The smallest absolute Gasteiger partial charge is 0.0666 e. The molecular weight excluding hydrogens is 148 g/mol. The van der Waals surface area contributed by atoms with Crippen molar-refractivity contribution in [2.75, 3.05) is 20.1 Å². The third-order valence-corrected chi connectivity index (χ3v) is 2.13. The lowest BCUT2D eigenvalue weighted by molar-refractivity contribution is 0.265. The molecule has 0 amide bonds. The van der Waals surface area contributed by atoms with Gasteiger partial charge in [-0.25, -0.2) is 0 Å². The van der Waals surface area contributed by atoms with Gasteiger partial charge < -0.3 is 4.90 Å². The summed E-state index contributed by atoms with van der Waals surface area (Å²) in [6.07, 6.45) is 1.21. The molecule has 0 saturated carbocycles. The van der Waals surface area contributed by atoms with Crippen LogP contribution in [0.25, 0.3) is 0 Å². The molecule has 2 heteroatoms. The first-order chi connectivity index (χ1) is 5.60. The fourth-order valence-electron chi connectivity index (χ4n) is 1.24. The van der Waals surface area contributed by atoms with Crippen molar-refractivity contribution in [3.63, 3.8) is 0 Å². The molecule has 0 aliphatic heterocycles. The molecule has 0 aliphatic rings. The van der Waals surface area contributed by atoms with Crippen LogP contribution in [0.2, 0.25) is 0 Å². The largest absolute Gasteiger partial charge is 0.305 e. The highest BCUT2D eigenvalue weighted by molar-refractivity contribution is 4.80. The van der Waals surface area contributed by atoms with E-state index in [9.17, 15) is 0 Å². The van der Waals surface area contributed by atoms with Gasteiger partial charge in [0.2, 0.25) is 0 Å². The summed E-state index contributed by atoms with van der Waals surface area (Å²) in [6.45, 7) is 8.40. The Balaban J connectivity index is 3.60. The minimum atomic E-state index is 0.152. The maximum absolute atomic E-state index is 8.60. The Bertz CT molecular complexity index is 148. The number of hydrogen-bond donors (Lipinski definition) is 0. The van der Waals surface area contributed by atoms with Crippen molar-refractivity contribution in [1.82, 2.24) is 4.90 Å². The van der Waals surface area contributed by atoms with E-state index in [4.69, 9.17) is 5.26 Å². The zero-order chi connectivity index (χ0) is 9.56. The Morgan fingerprint density at radius 2 is 1.92 bits per heavy atom. The molecule has 0 aliphatic carbocycles. The minimum Gasteiger partial charge on any atom is -0.305 e. The minimum absolute atomic E-state index is 0.152. The first-order valence-electron chi connectivity index (χ1n) is 4.68. The summed E-state index contributed by atoms with van der Waals surface area (Å²) < 4.78 is 0. The third-order valence-electron chi connectivity index (χ3n) is 2.13. The van der Waals surface area contributed by atoms with Gasteiger partial charge in [-0.1, -0.05) is 20.3 Å². The van der Waals surface area contributed by atoms with Crippen LogP contribution in [-0.2, 0) is 0 Å². The molecule has 0 aromatic carbocycles. The fraction of sp³-hybridized carbons (Fsp3) is 0.900. The molecule has 0 spiro atoms. The van der Waals surface area contributed by atoms with Crippen LogP contribution in [0.15, 0.2) is 0 Å². The van der Waals surface area contributed by atoms with E-state index in [0.29, 0.717) is 0 Å². The molecule has 0 saturated heterocycles. The Morgan fingerprint density at radius 3 is 2.33 bits per heavy atom. The fourth-order valence-corrected chi connectivity index (χ4v) is 1.24. The summed E-state index contributed by atoms with van der Waals surface area (Å²) in [5.74, 6) is 0.889. The summed E-state index contributed by atoms with van der Waals surface area (Å²) >= 11 is 0. The van der Waals surface area contributed by atoms with Crippen LogP contribution in [0.5, 0.6) is 0 Å². The van der Waals surface area contributed by atoms with Crippen molar-refractivity contribution in [2.24, 2.45) is 11.8 Å². The van der Waals surface area contributed by atoms with E-state index >= 15 is 0 Å². The van der Waals surface area contributed by atoms with E-state index in [1.807, 2.05) is 6.92 Å². The summed E-state index contributed by atoms with van der Waals surface area (Å²) in [6, 6.07) is 2.25. The standard InChI is InChI=1S/C10H20N2/c1-5-9(2)7-12(4)8-10(3)6-11/h9-10H,5,7-8H2,1-4H3. The Morgan fingerprint density at radius 1 is 1.33 bits per heavy atom. The topological polar surface area (TPSA) is 27.0 Å². The number of hydrogen-bond acceptors (Lipinski definition) is 2. The molecular formula is C10H20N2. The number of nitriles is 1. The van der Waals surface area contributed by atoms with E-state index < -0.39 is 0 Å². The third kappa shape index (κ3) is 5.15. The van der Waals surface area contributed by atoms with Crippen LogP contribution in [0.1, 0.15) is 27.2 Å². The molecule has 0 bridgehead atoms. The molecule has 0 heterocycles. The van der Waals surface area contributed by atoms with Crippen molar-refractivity contribution in [3.8, 4) is 6.07 Å². The summed E-state index contributed by atoms with van der Waals surface area (Å²) in [4.78, 5) is 2.24. The second kappa shape index (κ2) is 6.02.